The molecule has 4 aliphatic rings. The Morgan fingerprint density at radius 2 is 1.85 bits per heavy atom. The number of hydrogen-bond donors (Lipinski definition) is 4. The molecule has 14 heteroatoms. The van der Waals surface area contributed by atoms with E-state index in [9.17, 15) is 14.7 Å². The third-order valence-corrected chi connectivity index (χ3v) is 12.8. The molecular formula is C41H34Br2ClN5O6. The highest BCUT2D eigenvalue weighted by atomic mass is 79.9. The summed E-state index contributed by atoms with van der Waals surface area (Å²) >= 11 is 14.5. The summed E-state index contributed by atoms with van der Waals surface area (Å²) in [5, 5.41) is 18.9. The summed E-state index contributed by atoms with van der Waals surface area (Å²) in [5.41, 5.74) is 5.82. The first-order valence-electron chi connectivity index (χ1n) is 18.3. The summed E-state index contributed by atoms with van der Waals surface area (Å²) in [6.07, 6.45) is -1.77. The lowest BCUT2D eigenvalue weighted by Crippen LogP contribution is -2.41. The molecule has 4 aliphatic heterocycles. The molecule has 55 heavy (non-hydrogen) atoms. The maximum absolute atomic E-state index is 14.3. The summed E-state index contributed by atoms with van der Waals surface area (Å²) in [6.45, 7) is 7.51. The van der Waals surface area contributed by atoms with Crippen molar-refractivity contribution in [3.05, 3.63) is 91.1 Å². The standard InChI is InChI=1S/C41H34Br2ClN5O6/c1-15(2)29-38-47-31-34(55-38)41-22-11-17(10-18(37(52)46-29)12-25(50)32(51)16(3)4)8-9-26(22)53-40(41)48-30-21(13-19(42)14-23(30)41)20-6-5-7-24-27(20)28(36(44)45-24)33-35(43)49-39(31)54-33/h5-9,11,13-16,18,29,32,40,45,48,51H,10,12H2,1-4H3,(H,46,52)/t18-,29+,32+,40+,41?/m1/s1. The van der Waals surface area contributed by atoms with E-state index in [0.717, 1.165) is 48.9 Å². The minimum Gasteiger partial charge on any atom is -0.469 e. The molecule has 4 N–H and O–H groups in total. The van der Waals surface area contributed by atoms with E-state index in [-0.39, 0.29) is 48.1 Å². The number of fused-ring (bicyclic) bond motifs is 7. The van der Waals surface area contributed by atoms with Crippen LogP contribution < -0.4 is 15.4 Å². The molecule has 1 amide bonds. The van der Waals surface area contributed by atoms with Crippen LogP contribution in [0.5, 0.6) is 5.75 Å². The van der Waals surface area contributed by atoms with Crippen LogP contribution in [0.3, 0.4) is 0 Å². The summed E-state index contributed by atoms with van der Waals surface area (Å²) in [7, 11) is 0. The second-order valence-corrected chi connectivity index (χ2v) is 17.6. The second-order valence-electron chi connectivity index (χ2n) is 15.6. The maximum atomic E-state index is 14.3. The smallest absolute Gasteiger partial charge is 0.250 e. The molecule has 3 aromatic carbocycles. The first-order valence-corrected chi connectivity index (χ1v) is 20.2. The van der Waals surface area contributed by atoms with Crippen LogP contribution in [-0.4, -0.2) is 44.1 Å². The number of amides is 1. The van der Waals surface area contributed by atoms with Crippen LogP contribution in [0.2, 0.25) is 5.15 Å². The molecule has 3 aromatic heterocycles. The summed E-state index contributed by atoms with van der Waals surface area (Å²) < 4.78 is 21.9. The highest BCUT2D eigenvalue weighted by Crippen LogP contribution is 2.62. The number of H-pyrrole nitrogens is 1. The molecule has 5 atom stereocenters. The Morgan fingerprint density at radius 1 is 1.04 bits per heavy atom. The third kappa shape index (κ3) is 4.95. The summed E-state index contributed by atoms with van der Waals surface area (Å²) in [5.74, 6) is -0.0646. The number of carbonyl (C=O) groups excluding carboxylic acids is 2. The van der Waals surface area contributed by atoms with E-state index in [1.165, 1.54) is 0 Å². The van der Waals surface area contributed by atoms with Gasteiger partial charge in [-0.1, -0.05) is 79.5 Å². The fourth-order valence-corrected chi connectivity index (χ4v) is 10.0. The second kappa shape index (κ2) is 12.3. The molecule has 11 nitrogen and oxygen atoms in total. The number of nitrogens with one attached hydrogen (secondary N) is 3. The number of benzene rings is 3. The Labute approximate surface area is 336 Å². The third-order valence-electron chi connectivity index (χ3n) is 11.5. The maximum Gasteiger partial charge on any atom is 0.250 e. The molecule has 0 aliphatic carbocycles. The molecular weight excluding hydrogens is 854 g/mol. The largest absolute Gasteiger partial charge is 0.469 e. The first kappa shape index (κ1) is 35.0. The van der Waals surface area contributed by atoms with Gasteiger partial charge in [0, 0.05) is 50.1 Å². The number of nitrogens with zero attached hydrogens (tertiary/aromatic N) is 2. The summed E-state index contributed by atoms with van der Waals surface area (Å²) in [6, 6.07) is 15.3. The van der Waals surface area contributed by atoms with Gasteiger partial charge in [0.05, 0.1) is 5.56 Å². The van der Waals surface area contributed by atoms with Gasteiger partial charge < -0.3 is 34.3 Å². The van der Waals surface area contributed by atoms with E-state index in [2.05, 4.69) is 65.7 Å². The number of Topliss-reactive ketones (excluding diaryl/α,β-unsaturated/α-hetero) is 1. The lowest BCUT2D eigenvalue weighted by Gasteiger charge is -2.29. The number of carbonyl (C=O) groups is 2. The molecule has 280 valence electrons. The van der Waals surface area contributed by atoms with Crippen molar-refractivity contribution in [2.75, 3.05) is 5.32 Å². The number of oxazole rings is 2. The van der Waals surface area contributed by atoms with Gasteiger partial charge in [-0.15, -0.1) is 0 Å². The van der Waals surface area contributed by atoms with Crippen LogP contribution in [0.1, 0.15) is 68.5 Å². The SMILES string of the molecule is CC(C)[C@H](O)C(=O)C[C@H]1Cc2ccc3c(c2)C24c5cc(Br)cc(c5N[C@H]2O3)-c2cccc3[nH]c(Cl)c(c23)-c2oc(nc2Br)-c2nc(oc24)[C@H](C(C)C)NC1=O. The number of ether oxygens (including phenoxy) is 1. The molecule has 7 heterocycles. The quantitative estimate of drug-likeness (QED) is 0.133. The lowest BCUT2D eigenvalue weighted by atomic mass is 9.72. The Hall–Kier alpha value is -4.43. The average molecular weight is 888 g/mol. The van der Waals surface area contributed by atoms with Gasteiger partial charge in [-0.05, 0) is 69.6 Å². The van der Waals surface area contributed by atoms with Crippen molar-refractivity contribution in [3.63, 3.8) is 0 Å². The van der Waals surface area contributed by atoms with Crippen LogP contribution >= 0.6 is 43.5 Å². The van der Waals surface area contributed by atoms with Gasteiger partial charge >= 0.3 is 0 Å². The number of aromatic amines is 1. The fourth-order valence-electron chi connectivity index (χ4n) is 8.83. The van der Waals surface area contributed by atoms with E-state index in [1.807, 2.05) is 44.2 Å². The first-order chi connectivity index (χ1) is 26.3. The molecule has 6 aromatic rings. The molecule has 0 saturated carbocycles. The predicted octanol–water partition coefficient (Wildman–Crippen LogP) is 9.08. The van der Waals surface area contributed by atoms with Gasteiger partial charge in [0.25, 0.3) is 5.89 Å². The number of halogens is 3. The van der Waals surface area contributed by atoms with Crippen LogP contribution in [0, 0.1) is 17.8 Å². The molecule has 1 unspecified atom stereocenters. The Bertz CT molecular complexity index is 2650. The number of aliphatic hydroxyl groups excluding tert-OH is 1. The minimum absolute atomic E-state index is 0.137. The minimum atomic E-state index is -1.19. The van der Waals surface area contributed by atoms with Crippen molar-refractivity contribution in [1.29, 1.82) is 0 Å². The zero-order chi connectivity index (χ0) is 38.2. The number of rotatable bonds is 5. The molecule has 0 fully saturated rings. The van der Waals surface area contributed by atoms with E-state index in [4.69, 9.17) is 35.1 Å². The van der Waals surface area contributed by atoms with Crippen LogP contribution in [0.25, 0.3) is 44.9 Å². The molecule has 10 rings (SSSR count). The van der Waals surface area contributed by atoms with Gasteiger partial charge in [-0.25, -0.2) is 9.97 Å². The van der Waals surface area contributed by atoms with Crippen molar-refractivity contribution >= 4 is 71.7 Å². The Balaban J connectivity index is 1.31. The van der Waals surface area contributed by atoms with Gasteiger partial charge in [-0.2, -0.15) is 0 Å². The molecule has 0 radical (unpaired) electrons. The van der Waals surface area contributed by atoms with Crippen molar-refractivity contribution in [1.82, 2.24) is 20.3 Å². The predicted molar refractivity (Wildman–Crippen MR) is 213 cm³/mol. The van der Waals surface area contributed by atoms with Gasteiger partial charge in [0.1, 0.15) is 28.5 Å². The Kier molecular flexibility index (Phi) is 7.82. The summed E-state index contributed by atoms with van der Waals surface area (Å²) in [4.78, 5) is 41.0. The number of hydrogen-bond acceptors (Lipinski definition) is 9. The van der Waals surface area contributed by atoms with Crippen molar-refractivity contribution in [2.45, 2.75) is 64.3 Å². The van der Waals surface area contributed by atoms with E-state index in [1.54, 1.807) is 13.8 Å². The fraction of sp³-hybridized carbons (Fsp3) is 0.317. The average Bonchev–Trinajstić information content (AvgIpc) is 3.94. The number of aliphatic hydroxyl groups is 1. The van der Waals surface area contributed by atoms with Crippen molar-refractivity contribution < 1.29 is 28.3 Å². The van der Waals surface area contributed by atoms with Gasteiger partial charge in [0.2, 0.25) is 11.8 Å². The lowest BCUT2D eigenvalue weighted by molar-refractivity contribution is -0.135. The van der Waals surface area contributed by atoms with E-state index >= 15 is 0 Å². The van der Waals surface area contributed by atoms with Gasteiger partial charge in [0.15, 0.2) is 33.8 Å². The number of aromatic nitrogens is 3. The van der Waals surface area contributed by atoms with E-state index < -0.39 is 29.7 Å². The Morgan fingerprint density at radius 3 is 2.64 bits per heavy atom. The van der Waals surface area contributed by atoms with Gasteiger partial charge in [-0.3, -0.25) is 9.59 Å². The zero-order valence-corrected chi connectivity index (χ0v) is 33.9. The highest BCUT2D eigenvalue weighted by Gasteiger charge is 2.62. The molecule has 10 bridgehead atoms. The highest BCUT2D eigenvalue weighted by molar-refractivity contribution is 9.10. The van der Waals surface area contributed by atoms with E-state index in [0.29, 0.717) is 38.3 Å². The van der Waals surface area contributed by atoms with Crippen LogP contribution in [0.15, 0.2) is 66.4 Å². The zero-order valence-electron chi connectivity index (χ0n) is 30.0. The molecule has 1 spiro atoms. The normalized spacial score (nSPS) is 22.1. The van der Waals surface area contributed by atoms with Crippen molar-refractivity contribution in [2.24, 2.45) is 17.8 Å². The van der Waals surface area contributed by atoms with Crippen LogP contribution in [0.4, 0.5) is 5.69 Å². The monoisotopic (exact) mass is 885 g/mol. The van der Waals surface area contributed by atoms with Crippen molar-refractivity contribution in [3.8, 4) is 39.8 Å². The van der Waals surface area contributed by atoms with Crippen LogP contribution in [-0.2, 0) is 21.4 Å². The number of anilines is 1. The molecule has 0 saturated heterocycles. The number of ketones is 1. The topological polar surface area (TPSA) is 156 Å².